The number of amides is 1. The van der Waals surface area contributed by atoms with Gasteiger partial charge in [0, 0.05) is 16.2 Å². The molecule has 0 fully saturated rings. The zero-order chi connectivity index (χ0) is 23.8. The molecule has 2 atom stereocenters. The summed E-state index contributed by atoms with van der Waals surface area (Å²) in [7, 11) is 0. The SMILES string of the molecule is O=C(O)/C=C/[C@H](Oc1ccccc1)[C@@H](OC(=O)Nc1ccc(Br)cc1)c1ccc(O)c(F)c1. The Balaban J connectivity index is 1.94. The van der Waals surface area contributed by atoms with Gasteiger partial charge in [-0.3, -0.25) is 5.32 Å². The van der Waals surface area contributed by atoms with Gasteiger partial charge in [-0.25, -0.2) is 14.0 Å². The van der Waals surface area contributed by atoms with Crippen LogP contribution in [0.2, 0.25) is 0 Å². The van der Waals surface area contributed by atoms with Gasteiger partial charge >= 0.3 is 12.1 Å². The van der Waals surface area contributed by atoms with E-state index < -0.39 is 35.8 Å². The Bertz CT molecular complexity index is 1140. The zero-order valence-electron chi connectivity index (χ0n) is 17.0. The van der Waals surface area contributed by atoms with Gasteiger partial charge in [0.2, 0.25) is 0 Å². The minimum Gasteiger partial charge on any atom is -0.505 e. The lowest BCUT2D eigenvalue weighted by Gasteiger charge is -2.26. The Labute approximate surface area is 197 Å². The van der Waals surface area contributed by atoms with Crippen molar-refractivity contribution in [3.63, 3.8) is 0 Å². The second-order valence-corrected chi connectivity index (χ2v) is 7.68. The summed E-state index contributed by atoms with van der Waals surface area (Å²) in [6.07, 6.45) is -1.24. The van der Waals surface area contributed by atoms with Crippen molar-refractivity contribution in [1.82, 2.24) is 0 Å². The van der Waals surface area contributed by atoms with Crippen LogP contribution in [0.15, 0.2) is 89.4 Å². The molecule has 1 amide bonds. The summed E-state index contributed by atoms with van der Waals surface area (Å²) >= 11 is 3.30. The summed E-state index contributed by atoms with van der Waals surface area (Å²) in [6, 6.07) is 18.6. The highest BCUT2D eigenvalue weighted by Gasteiger charge is 2.28. The first-order valence-electron chi connectivity index (χ1n) is 9.66. The van der Waals surface area contributed by atoms with Gasteiger partial charge in [-0.1, -0.05) is 40.2 Å². The molecular formula is C24H19BrFNO6. The normalized spacial score (nSPS) is 12.7. The van der Waals surface area contributed by atoms with Gasteiger partial charge in [0.15, 0.2) is 23.8 Å². The standard InChI is InChI=1S/C24H19BrFNO6/c25-16-7-9-17(10-8-16)27-24(31)33-23(15-6-11-20(28)19(26)14-15)21(12-13-22(29)30)32-18-4-2-1-3-5-18/h1-14,21,23,28H,(H,27,31)(H,29,30)/b13-12+/t21-,23-/m0/s1. The summed E-state index contributed by atoms with van der Waals surface area (Å²) in [5, 5.41) is 21.2. The molecule has 170 valence electrons. The molecule has 3 aromatic rings. The second kappa shape index (κ2) is 11.1. The molecular weight excluding hydrogens is 497 g/mol. The number of aromatic hydroxyl groups is 1. The number of carboxylic acids is 1. The molecule has 0 saturated heterocycles. The lowest BCUT2D eigenvalue weighted by Crippen LogP contribution is -2.30. The van der Waals surface area contributed by atoms with Gasteiger partial charge in [-0.15, -0.1) is 0 Å². The van der Waals surface area contributed by atoms with E-state index in [2.05, 4.69) is 21.2 Å². The quantitative estimate of drug-likeness (QED) is 0.333. The molecule has 0 aliphatic heterocycles. The van der Waals surface area contributed by atoms with Gasteiger partial charge in [0.25, 0.3) is 0 Å². The topological polar surface area (TPSA) is 105 Å². The third-order valence-electron chi connectivity index (χ3n) is 4.37. The van der Waals surface area contributed by atoms with Crippen LogP contribution in [0, 0.1) is 5.82 Å². The maximum absolute atomic E-state index is 14.1. The first-order valence-corrected chi connectivity index (χ1v) is 10.5. The number of carboxylic acid groups (broad SMARTS) is 1. The van der Waals surface area contributed by atoms with Crippen molar-refractivity contribution in [2.24, 2.45) is 0 Å². The highest BCUT2D eigenvalue weighted by atomic mass is 79.9. The zero-order valence-corrected chi connectivity index (χ0v) is 18.6. The predicted octanol–water partition coefficient (Wildman–Crippen LogP) is 5.67. The van der Waals surface area contributed by atoms with Gasteiger partial charge < -0.3 is 19.7 Å². The number of hydrogen-bond donors (Lipinski definition) is 3. The van der Waals surface area contributed by atoms with Crippen LogP contribution in [0.3, 0.4) is 0 Å². The molecule has 9 heteroatoms. The Kier molecular flexibility index (Phi) is 8.04. The molecule has 33 heavy (non-hydrogen) atoms. The average molecular weight is 516 g/mol. The number of phenols is 1. The van der Waals surface area contributed by atoms with Crippen molar-refractivity contribution in [1.29, 1.82) is 0 Å². The number of carbonyl (C=O) groups excluding carboxylic acids is 1. The number of ether oxygens (including phenoxy) is 2. The molecule has 3 N–H and O–H groups in total. The van der Waals surface area contributed by atoms with E-state index >= 15 is 0 Å². The largest absolute Gasteiger partial charge is 0.505 e. The molecule has 0 aliphatic carbocycles. The fourth-order valence-electron chi connectivity index (χ4n) is 2.86. The van der Waals surface area contributed by atoms with Gasteiger partial charge in [0.1, 0.15) is 5.75 Å². The van der Waals surface area contributed by atoms with E-state index in [-0.39, 0.29) is 5.56 Å². The average Bonchev–Trinajstić information content (AvgIpc) is 2.79. The van der Waals surface area contributed by atoms with Gasteiger partial charge in [-0.2, -0.15) is 0 Å². The van der Waals surface area contributed by atoms with Crippen molar-refractivity contribution in [2.45, 2.75) is 12.2 Å². The number of aliphatic carboxylic acids is 1. The summed E-state index contributed by atoms with van der Waals surface area (Å²) in [4.78, 5) is 23.8. The molecule has 7 nitrogen and oxygen atoms in total. The molecule has 0 aliphatic rings. The Morgan fingerprint density at radius 3 is 2.36 bits per heavy atom. The van der Waals surface area contributed by atoms with Crippen LogP contribution in [-0.2, 0) is 9.53 Å². The highest BCUT2D eigenvalue weighted by Crippen LogP contribution is 2.30. The fourth-order valence-corrected chi connectivity index (χ4v) is 3.12. The van der Waals surface area contributed by atoms with Crippen LogP contribution in [0.25, 0.3) is 0 Å². The van der Waals surface area contributed by atoms with Gasteiger partial charge in [-0.05, 0) is 60.2 Å². The molecule has 0 radical (unpaired) electrons. The fraction of sp³-hybridized carbons (Fsp3) is 0.0833. The predicted molar refractivity (Wildman–Crippen MR) is 123 cm³/mol. The van der Waals surface area contributed by atoms with Crippen LogP contribution in [0.4, 0.5) is 14.9 Å². The van der Waals surface area contributed by atoms with Crippen molar-refractivity contribution in [2.75, 3.05) is 5.32 Å². The summed E-state index contributed by atoms with van der Waals surface area (Å²) in [5.41, 5.74) is 0.590. The van der Waals surface area contributed by atoms with Crippen LogP contribution < -0.4 is 10.1 Å². The van der Waals surface area contributed by atoms with Crippen LogP contribution in [0.5, 0.6) is 11.5 Å². The van der Waals surface area contributed by atoms with E-state index in [4.69, 9.17) is 14.6 Å². The lowest BCUT2D eigenvalue weighted by atomic mass is 10.0. The molecule has 0 aromatic heterocycles. The monoisotopic (exact) mass is 515 g/mol. The summed E-state index contributed by atoms with van der Waals surface area (Å²) in [5.74, 6) is -2.39. The number of nitrogens with one attached hydrogen (secondary N) is 1. The number of halogens is 2. The summed E-state index contributed by atoms with van der Waals surface area (Å²) in [6.45, 7) is 0. The van der Waals surface area contributed by atoms with Crippen LogP contribution >= 0.6 is 15.9 Å². The first-order chi connectivity index (χ1) is 15.8. The Morgan fingerprint density at radius 1 is 1.03 bits per heavy atom. The number of anilines is 1. The maximum Gasteiger partial charge on any atom is 0.412 e. The third kappa shape index (κ3) is 7.08. The van der Waals surface area contributed by atoms with Crippen molar-refractivity contribution >= 4 is 33.7 Å². The minimum atomic E-state index is -1.26. The first kappa shape index (κ1) is 23.8. The third-order valence-corrected chi connectivity index (χ3v) is 4.90. The van der Waals surface area contributed by atoms with E-state index in [0.29, 0.717) is 11.4 Å². The lowest BCUT2D eigenvalue weighted by molar-refractivity contribution is -0.131. The number of hydrogen-bond acceptors (Lipinski definition) is 5. The number of rotatable bonds is 8. The van der Waals surface area contributed by atoms with Crippen molar-refractivity contribution < 1.29 is 33.7 Å². The minimum absolute atomic E-state index is 0.146. The van der Waals surface area contributed by atoms with E-state index in [1.54, 1.807) is 54.6 Å². The van der Waals surface area contributed by atoms with Crippen LogP contribution in [0.1, 0.15) is 11.7 Å². The molecule has 3 aromatic carbocycles. The smallest absolute Gasteiger partial charge is 0.412 e. The number of phenolic OH excluding ortho intramolecular Hbond substituents is 1. The molecule has 0 unspecified atom stereocenters. The van der Waals surface area contributed by atoms with Crippen molar-refractivity contribution in [3.05, 3.63) is 101 Å². The summed E-state index contributed by atoms with van der Waals surface area (Å²) < 4.78 is 26.3. The van der Waals surface area contributed by atoms with Gasteiger partial charge in [0.05, 0.1) is 0 Å². The van der Waals surface area contributed by atoms with E-state index in [1.807, 2.05) is 0 Å². The molecule has 0 saturated carbocycles. The molecule has 0 bridgehead atoms. The van der Waals surface area contributed by atoms with E-state index in [0.717, 1.165) is 22.7 Å². The second-order valence-electron chi connectivity index (χ2n) is 6.76. The molecule has 0 spiro atoms. The molecule has 0 heterocycles. The molecule has 3 rings (SSSR count). The van der Waals surface area contributed by atoms with Crippen molar-refractivity contribution in [3.8, 4) is 11.5 Å². The highest BCUT2D eigenvalue weighted by molar-refractivity contribution is 9.10. The van der Waals surface area contributed by atoms with E-state index in [1.165, 1.54) is 12.1 Å². The number of para-hydroxylation sites is 1. The Morgan fingerprint density at radius 2 is 1.73 bits per heavy atom. The number of carbonyl (C=O) groups is 2. The Hall–Kier alpha value is -3.85. The maximum atomic E-state index is 14.1. The van der Waals surface area contributed by atoms with E-state index in [9.17, 15) is 19.1 Å². The van der Waals surface area contributed by atoms with Crippen LogP contribution in [-0.4, -0.2) is 28.4 Å². The number of benzene rings is 3.